The number of nitrogens with zero attached hydrogens (tertiary/aromatic N) is 2. The zero-order chi connectivity index (χ0) is 29.4. The molecule has 42 heavy (non-hydrogen) atoms. The Morgan fingerprint density at radius 2 is 1.83 bits per heavy atom. The van der Waals surface area contributed by atoms with Crippen molar-refractivity contribution in [2.75, 3.05) is 0 Å². The normalized spacial score (nSPS) is 27.1. The number of imide groups is 1. The molecule has 2 aliphatic carbocycles. The third-order valence-corrected chi connectivity index (χ3v) is 9.85. The van der Waals surface area contributed by atoms with Gasteiger partial charge in [-0.25, -0.2) is 0 Å². The second-order valence-electron chi connectivity index (χ2n) is 12.7. The van der Waals surface area contributed by atoms with Gasteiger partial charge in [0.1, 0.15) is 5.75 Å². The molecular formula is C34H41BN2O5. The molecule has 3 fully saturated rings. The second kappa shape index (κ2) is 12.2. The maximum Gasteiger partial charge on any atom is 0.455 e. The molecule has 4 aliphatic rings. The van der Waals surface area contributed by atoms with Crippen LogP contribution >= 0.6 is 0 Å². The Labute approximate surface area is 248 Å². The van der Waals surface area contributed by atoms with Crippen LogP contribution in [0.25, 0.3) is 11.6 Å². The van der Waals surface area contributed by atoms with Gasteiger partial charge in [-0.3, -0.25) is 19.5 Å². The Morgan fingerprint density at radius 1 is 1.07 bits per heavy atom. The largest absolute Gasteiger partial charge is 0.507 e. The second-order valence-corrected chi connectivity index (χ2v) is 12.7. The van der Waals surface area contributed by atoms with E-state index in [9.17, 15) is 19.7 Å². The van der Waals surface area contributed by atoms with E-state index in [4.69, 9.17) is 4.65 Å². The van der Waals surface area contributed by atoms with Crippen LogP contribution in [-0.4, -0.2) is 51.1 Å². The first kappa shape index (κ1) is 28.9. The Kier molecular flexibility index (Phi) is 8.37. The molecule has 2 aromatic rings. The summed E-state index contributed by atoms with van der Waals surface area (Å²) in [5.41, 5.74) is 4.80. The van der Waals surface area contributed by atoms with Crippen LogP contribution < -0.4 is 0 Å². The molecule has 8 heteroatoms. The lowest BCUT2D eigenvalue weighted by molar-refractivity contribution is -0.143. The standard InChI is InChI=1S/C34H41BN2O5/c1-21(2)25-19-26-32(34(40)37(33(26)39)24-11-4-3-5-12-24)27-20-35(41)42-30(31(25)27)16-15-22(28-13-8-9-17-36-28)18-23-10-6-7-14-29(23)38/h6-10,13-14,17-18,21,24,26-27,30,32,38,41H,3-5,11-12,15-16,19-20H2,1-2H3/b22-18-/t26-,27+,30-,32-/m1/s1. The lowest BCUT2D eigenvalue weighted by Crippen LogP contribution is -2.47. The first-order valence-electron chi connectivity index (χ1n) is 15.7. The summed E-state index contributed by atoms with van der Waals surface area (Å²) in [7, 11) is -0.997. The highest BCUT2D eigenvalue weighted by molar-refractivity contribution is 6.43. The van der Waals surface area contributed by atoms with Gasteiger partial charge in [0.15, 0.2) is 0 Å². The molecule has 0 spiro atoms. The highest BCUT2D eigenvalue weighted by Crippen LogP contribution is 2.53. The summed E-state index contributed by atoms with van der Waals surface area (Å²) in [5, 5.41) is 21.4. The van der Waals surface area contributed by atoms with Crippen LogP contribution in [0.1, 0.15) is 76.5 Å². The number of likely N-dealkylation sites (tertiary alicyclic amines) is 1. The van der Waals surface area contributed by atoms with E-state index >= 15 is 0 Å². The Balaban J connectivity index is 1.32. The number of amides is 2. The quantitative estimate of drug-likeness (QED) is 0.245. The zero-order valence-corrected chi connectivity index (χ0v) is 24.6. The van der Waals surface area contributed by atoms with Crippen LogP contribution in [-0.2, 0) is 14.2 Å². The van der Waals surface area contributed by atoms with Crippen molar-refractivity contribution in [3.63, 3.8) is 0 Å². The summed E-state index contributed by atoms with van der Waals surface area (Å²) in [5.74, 6) is -0.626. The number of carbonyl (C=O) groups excluding carboxylic acids is 2. The van der Waals surface area contributed by atoms with Gasteiger partial charge in [-0.05, 0) is 85.7 Å². The third-order valence-electron chi connectivity index (χ3n) is 9.85. The highest BCUT2D eigenvalue weighted by atomic mass is 16.5. The Bertz CT molecular complexity index is 1380. The van der Waals surface area contributed by atoms with Crippen molar-refractivity contribution in [1.29, 1.82) is 0 Å². The van der Waals surface area contributed by atoms with Crippen LogP contribution in [0.15, 0.2) is 59.8 Å². The van der Waals surface area contributed by atoms with Crippen molar-refractivity contribution < 1.29 is 24.4 Å². The number of carbonyl (C=O) groups is 2. The van der Waals surface area contributed by atoms with Crippen LogP contribution in [0.2, 0.25) is 6.32 Å². The maximum atomic E-state index is 14.0. The minimum absolute atomic E-state index is 0.00493. The van der Waals surface area contributed by atoms with Gasteiger partial charge in [0, 0.05) is 17.8 Å². The third kappa shape index (κ3) is 5.47. The molecule has 220 valence electrons. The van der Waals surface area contributed by atoms with Gasteiger partial charge >= 0.3 is 7.12 Å². The Hall–Kier alpha value is -3.23. The topological polar surface area (TPSA) is 100.0 Å². The summed E-state index contributed by atoms with van der Waals surface area (Å²) < 4.78 is 6.24. The molecule has 2 saturated heterocycles. The van der Waals surface area contributed by atoms with Gasteiger partial charge in [-0.15, -0.1) is 0 Å². The van der Waals surface area contributed by atoms with Crippen LogP contribution in [0.3, 0.4) is 0 Å². The maximum absolute atomic E-state index is 14.0. The average Bonchev–Trinajstić information content (AvgIpc) is 3.25. The fraction of sp³-hybridized carbons (Fsp3) is 0.500. The molecule has 4 atom stereocenters. The van der Waals surface area contributed by atoms with Gasteiger partial charge in [0.05, 0.1) is 23.6 Å². The van der Waals surface area contributed by atoms with E-state index in [0.29, 0.717) is 31.1 Å². The van der Waals surface area contributed by atoms with E-state index in [1.54, 1.807) is 23.2 Å². The average molecular weight is 569 g/mol. The number of aromatic nitrogens is 1. The number of phenols is 1. The van der Waals surface area contributed by atoms with Crippen LogP contribution in [0, 0.1) is 23.7 Å². The number of aromatic hydroxyl groups is 1. The minimum Gasteiger partial charge on any atom is -0.507 e. The van der Waals surface area contributed by atoms with Gasteiger partial charge in [-0.2, -0.15) is 0 Å². The van der Waals surface area contributed by atoms with Crippen molar-refractivity contribution in [3.8, 4) is 5.75 Å². The number of hydrogen-bond donors (Lipinski definition) is 2. The lowest BCUT2D eigenvalue weighted by Gasteiger charge is -2.44. The fourth-order valence-electron chi connectivity index (χ4n) is 7.88. The lowest BCUT2D eigenvalue weighted by atomic mass is 9.57. The monoisotopic (exact) mass is 568 g/mol. The summed E-state index contributed by atoms with van der Waals surface area (Å²) in [4.78, 5) is 34.0. The fourth-order valence-corrected chi connectivity index (χ4v) is 7.88. The van der Waals surface area contributed by atoms with Gasteiger partial charge < -0.3 is 14.8 Å². The number of phenolic OH excluding ortho intramolecular Hbond substituents is 1. The number of fused-ring (bicyclic) bond motifs is 3. The Morgan fingerprint density at radius 3 is 2.55 bits per heavy atom. The number of allylic oxidation sites excluding steroid dienone is 2. The van der Waals surface area contributed by atoms with Crippen molar-refractivity contribution in [3.05, 3.63) is 71.1 Å². The van der Waals surface area contributed by atoms with E-state index in [1.807, 2.05) is 36.4 Å². The summed E-state index contributed by atoms with van der Waals surface area (Å²) in [6.07, 6.45) is 10.5. The zero-order valence-electron chi connectivity index (χ0n) is 24.6. The number of hydrogen-bond acceptors (Lipinski definition) is 6. The van der Waals surface area contributed by atoms with Gasteiger partial charge in [0.2, 0.25) is 11.8 Å². The van der Waals surface area contributed by atoms with Crippen LogP contribution in [0.4, 0.5) is 0 Å². The number of rotatable bonds is 7. The van der Waals surface area contributed by atoms with E-state index in [1.165, 1.54) is 5.57 Å². The SMILES string of the molecule is CC(C)C1=C2[C@@H](CC/C(=C/c3ccccc3O)c3ccccn3)OB(O)C[C@@H]2[C@@H]2C(=O)N(C3CCCCC3)C(=O)[C@@H]2C1. The first-order valence-corrected chi connectivity index (χ1v) is 15.7. The van der Waals surface area contributed by atoms with Gasteiger partial charge in [-0.1, -0.05) is 62.9 Å². The van der Waals surface area contributed by atoms with Gasteiger partial charge in [0.25, 0.3) is 0 Å². The van der Waals surface area contributed by atoms with E-state index in [2.05, 4.69) is 18.8 Å². The molecule has 1 aromatic heterocycles. The molecular weight excluding hydrogens is 527 g/mol. The summed E-state index contributed by atoms with van der Waals surface area (Å²) in [6, 6.07) is 13.0. The molecule has 6 rings (SSSR count). The highest BCUT2D eigenvalue weighted by Gasteiger charge is 2.58. The summed E-state index contributed by atoms with van der Waals surface area (Å²) in [6.45, 7) is 4.30. The number of para-hydroxylation sites is 1. The molecule has 2 amide bonds. The predicted molar refractivity (Wildman–Crippen MR) is 163 cm³/mol. The first-order chi connectivity index (χ1) is 20.3. The van der Waals surface area contributed by atoms with E-state index < -0.39 is 13.0 Å². The van der Waals surface area contributed by atoms with E-state index in [-0.39, 0.29) is 47.5 Å². The molecule has 0 unspecified atom stereocenters. The van der Waals surface area contributed by atoms with Crippen molar-refractivity contribution in [2.45, 2.75) is 83.7 Å². The number of benzene rings is 1. The molecule has 0 bridgehead atoms. The molecule has 2 N–H and O–H groups in total. The predicted octanol–water partition coefficient (Wildman–Crippen LogP) is 5.89. The van der Waals surface area contributed by atoms with Crippen molar-refractivity contribution in [2.24, 2.45) is 23.7 Å². The van der Waals surface area contributed by atoms with Crippen LogP contribution in [0.5, 0.6) is 5.75 Å². The molecule has 3 heterocycles. The molecule has 0 radical (unpaired) electrons. The van der Waals surface area contributed by atoms with E-state index in [0.717, 1.165) is 48.9 Å². The van der Waals surface area contributed by atoms with Crippen molar-refractivity contribution in [1.82, 2.24) is 9.88 Å². The molecule has 7 nitrogen and oxygen atoms in total. The number of pyridine rings is 1. The molecule has 1 aromatic carbocycles. The smallest absolute Gasteiger partial charge is 0.455 e. The molecule has 1 saturated carbocycles. The molecule has 2 aliphatic heterocycles. The van der Waals surface area contributed by atoms with Crippen molar-refractivity contribution >= 4 is 30.6 Å². The summed E-state index contributed by atoms with van der Waals surface area (Å²) >= 11 is 0. The minimum atomic E-state index is -0.997.